The highest BCUT2D eigenvalue weighted by atomic mass is 32.2. The Morgan fingerprint density at radius 2 is 1.92 bits per heavy atom. The van der Waals surface area contributed by atoms with E-state index in [1.54, 1.807) is 0 Å². The van der Waals surface area contributed by atoms with Crippen LogP contribution in [0.15, 0.2) is 24.3 Å². The summed E-state index contributed by atoms with van der Waals surface area (Å²) in [5, 5.41) is 0. The molecule has 0 bridgehead atoms. The van der Waals surface area contributed by atoms with Gasteiger partial charge in [-0.05, 0) is 17.7 Å². The molecule has 6 nitrogen and oxygen atoms in total. The Morgan fingerprint density at radius 1 is 1.29 bits per heavy atom. The van der Waals surface area contributed by atoms with Crippen LogP contribution in [0.5, 0.6) is 0 Å². The lowest BCUT2D eigenvalue weighted by Crippen LogP contribution is -2.44. The molecule has 1 heterocycles. The fraction of sp³-hybridized carbons (Fsp3) is 0.529. The lowest BCUT2D eigenvalue weighted by Gasteiger charge is -2.35. The lowest BCUT2D eigenvalue weighted by molar-refractivity contribution is 0.0172. The van der Waals surface area contributed by atoms with Crippen molar-refractivity contribution < 1.29 is 13.2 Å². The minimum atomic E-state index is -3.45. The van der Waals surface area contributed by atoms with Crippen molar-refractivity contribution in [3.63, 3.8) is 0 Å². The number of sulfonamides is 1. The Labute approximate surface area is 144 Å². The van der Waals surface area contributed by atoms with E-state index in [2.05, 4.69) is 15.5 Å². The smallest absolute Gasteiger partial charge is 0.222 e. The number of benzene rings is 1. The van der Waals surface area contributed by atoms with Crippen LogP contribution in [0.1, 0.15) is 11.6 Å². The van der Waals surface area contributed by atoms with E-state index in [1.165, 1.54) is 0 Å². The Kier molecular flexibility index (Phi) is 6.63. The highest BCUT2D eigenvalue weighted by Crippen LogP contribution is 2.24. The molecule has 1 atom stereocenters. The van der Waals surface area contributed by atoms with Crippen LogP contribution < -0.4 is 9.62 Å². The first kappa shape index (κ1) is 18.7. The second-order valence-corrected chi connectivity index (χ2v) is 7.77. The monoisotopic (exact) mass is 351 g/mol. The SMILES string of the molecule is C#CCS(=O)(=O)NCC(c1ccc(N(C)C)cc1)N1CCOCC1. The van der Waals surface area contributed by atoms with Crippen molar-refractivity contribution in [3.8, 4) is 12.3 Å². The molecule has 132 valence electrons. The van der Waals surface area contributed by atoms with Crippen LogP contribution in [0.25, 0.3) is 0 Å². The van der Waals surface area contributed by atoms with Crippen molar-refractivity contribution in [1.29, 1.82) is 0 Å². The molecule has 1 aliphatic heterocycles. The molecule has 0 aromatic heterocycles. The molecule has 1 aromatic carbocycles. The van der Waals surface area contributed by atoms with Gasteiger partial charge in [-0.3, -0.25) is 4.90 Å². The number of nitrogens with zero attached hydrogens (tertiary/aromatic N) is 2. The maximum Gasteiger partial charge on any atom is 0.222 e. The summed E-state index contributed by atoms with van der Waals surface area (Å²) in [6.07, 6.45) is 5.12. The third kappa shape index (κ3) is 5.21. The van der Waals surface area contributed by atoms with Crippen LogP contribution in [0.3, 0.4) is 0 Å². The number of terminal acetylenes is 1. The molecule has 1 aromatic rings. The molecule has 0 radical (unpaired) electrons. The van der Waals surface area contributed by atoms with Crippen molar-refractivity contribution in [3.05, 3.63) is 29.8 Å². The first-order chi connectivity index (χ1) is 11.4. The first-order valence-electron chi connectivity index (χ1n) is 7.93. The molecule has 1 fully saturated rings. The average molecular weight is 351 g/mol. The quantitative estimate of drug-likeness (QED) is 0.732. The van der Waals surface area contributed by atoms with E-state index >= 15 is 0 Å². The Hall–Kier alpha value is -1.59. The largest absolute Gasteiger partial charge is 0.379 e. The number of rotatable bonds is 7. The topological polar surface area (TPSA) is 61.9 Å². The summed E-state index contributed by atoms with van der Waals surface area (Å²) < 4.78 is 31.8. The summed E-state index contributed by atoms with van der Waals surface area (Å²) >= 11 is 0. The Bertz CT molecular complexity index is 659. The Morgan fingerprint density at radius 3 is 2.46 bits per heavy atom. The standard InChI is InChI=1S/C17H25N3O3S/c1-4-13-24(21,22)18-14-17(20-9-11-23-12-10-20)15-5-7-16(8-6-15)19(2)3/h1,5-8,17-18H,9-14H2,2-3H3. The van der Waals surface area contributed by atoms with Gasteiger partial charge in [-0.25, -0.2) is 13.1 Å². The summed E-state index contributed by atoms with van der Waals surface area (Å²) in [6, 6.07) is 8.13. The zero-order chi connectivity index (χ0) is 17.6. The number of hydrogen-bond donors (Lipinski definition) is 1. The van der Waals surface area contributed by atoms with Gasteiger partial charge in [0.2, 0.25) is 10.0 Å². The second kappa shape index (κ2) is 8.49. The van der Waals surface area contributed by atoms with Gasteiger partial charge in [0.25, 0.3) is 0 Å². The second-order valence-electron chi connectivity index (χ2n) is 5.96. The zero-order valence-electron chi connectivity index (χ0n) is 14.2. The Balaban J connectivity index is 2.17. The molecule has 1 unspecified atom stereocenters. The number of nitrogens with one attached hydrogen (secondary N) is 1. The van der Waals surface area contributed by atoms with Gasteiger partial charge in [0, 0.05) is 45.5 Å². The summed E-state index contributed by atoms with van der Waals surface area (Å²) in [5.41, 5.74) is 2.18. The van der Waals surface area contributed by atoms with Gasteiger partial charge < -0.3 is 9.64 Å². The van der Waals surface area contributed by atoms with E-state index in [0.29, 0.717) is 19.8 Å². The molecule has 1 N–H and O–H groups in total. The van der Waals surface area contributed by atoms with Crippen molar-refractivity contribution in [2.45, 2.75) is 6.04 Å². The maximum absolute atomic E-state index is 11.9. The lowest BCUT2D eigenvalue weighted by atomic mass is 10.0. The maximum atomic E-state index is 11.9. The van der Waals surface area contributed by atoms with Crippen molar-refractivity contribution >= 4 is 15.7 Å². The van der Waals surface area contributed by atoms with Gasteiger partial charge in [-0.15, -0.1) is 6.42 Å². The first-order valence-corrected chi connectivity index (χ1v) is 9.58. The van der Waals surface area contributed by atoms with E-state index < -0.39 is 10.0 Å². The zero-order valence-corrected chi connectivity index (χ0v) is 15.1. The fourth-order valence-electron chi connectivity index (χ4n) is 2.71. The predicted molar refractivity (Wildman–Crippen MR) is 96.5 cm³/mol. The minimum absolute atomic E-state index is 0.0438. The van der Waals surface area contributed by atoms with Crippen LogP contribution in [-0.4, -0.2) is 66.0 Å². The van der Waals surface area contributed by atoms with E-state index in [4.69, 9.17) is 11.2 Å². The average Bonchev–Trinajstić information content (AvgIpc) is 2.56. The van der Waals surface area contributed by atoms with Crippen molar-refractivity contribution in [1.82, 2.24) is 9.62 Å². The van der Waals surface area contributed by atoms with E-state index in [9.17, 15) is 8.42 Å². The predicted octanol–water partition coefficient (Wildman–Crippen LogP) is 0.679. The number of anilines is 1. The van der Waals surface area contributed by atoms with E-state index in [1.807, 2.05) is 43.3 Å². The minimum Gasteiger partial charge on any atom is -0.379 e. The fourth-order valence-corrected chi connectivity index (χ4v) is 3.44. The summed E-state index contributed by atoms with van der Waals surface area (Å²) in [5.74, 6) is 1.88. The molecule has 1 aliphatic rings. The molecule has 7 heteroatoms. The molecule has 2 rings (SSSR count). The molecule has 0 aliphatic carbocycles. The summed E-state index contributed by atoms with van der Waals surface area (Å²) in [4.78, 5) is 4.27. The van der Waals surface area contributed by atoms with Crippen LogP contribution in [0.2, 0.25) is 0 Å². The van der Waals surface area contributed by atoms with Gasteiger partial charge in [-0.1, -0.05) is 18.1 Å². The van der Waals surface area contributed by atoms with E-state index in [-0.39, 0.29) is 11.8 Å². The molecule has 1 saturated heterocycles. The van der Waals surface area contributed by atoms with Crippen molar-refractivity contribution in [2.75, 3.05) is 57.6 Å². The van der Waals surface area contributed by atoms with Gasteiger partial charge in [-0.2, -0.15) is 0 Å². The highest BCUT2D eigenvalue weighted by Gasteiger charge is 2.24. The van der Waals surface area contributed by atoms with Gasteiger partial charge >= 0.3 is 0 Å². The van der Waals surface area contributed by atoms with Crippen LogP contribution in [-0.2, 0) is 14.8 Å². The summed E-state index contributed by atoms with van der Waals surface area (Å²) in [6.45, 7) is 3.16. The number of morpholine rings is 1. The van der Waals surface area contributed by atoms with Gasteiger partial charge in [0.05, 0.1) is 13.2 Å². The normalized spacial score (nSPS) is 17.2. The van der Waals surface area contributed by atoms with Crippen molar-refractivity contribution in [2.24, 2.45) is 0 Å². The number of ether oxygens (including phenoxy) is 1. The molecule has 24 heavy (non-hydrogen) atoms. The molecule has 0 amide bonds. The molecule has 0 saturated carbocycles. The van der Waals surface area contributed by atoms with Gasteiger partial charge in [0.1, 0.15) is 5.75 Å². The van der Waals surface area contributed by atoms with Crippen LogP contribution in [0, 0.1) is 12.3 Å². The summed E-state index contributed by atoms with van der Waals surface area (Å²) in [7, 11) is 0.530. The van der Waals surface area contributed by atoms with Gasteiger partial charge in [0.15, 0.2) is 0 Å². The third-order valence-corrected chi connectivity index (χ3v) is 5.20. The van der Waals surface area contributed by atoms with Crippen LogP contribution >= 0.6 is 0 Å². The van der Waals surface area contributed by atoms with Crippen LogP contribution in [0.4, 0.5) is 5.69 Å². The number of hydrogen-bond acceptors (Lipinski definition) is 5. The third-order valence-electron chi connectivity index (χ3n) is 4.05. The molecule has 0 spiro atoms. The van der Waals surface area contributed by atoms with E-state index in [0.717, 1.165) is 24.3 Å². The highest BCUT2D eigenvalue weighted by molar-refractivity contribution is 7.89. The molecular formula is C17H25N3O3S. The molecular weight excluding hydrogens is 326 g/mol.